The monoisotopic (exact) mass is 384 g/mol. The van der Waals surface area contributed by atoms with Crippen LogP contribution in [0.25, 0.3) is 0 Å². The minimum atomic E-state index is -0.412. The Hall–Kier alpha value is -3.10. The predicted octanol–water partition coefficient (Wildman–Crippen LogP) is 2.20. The van der Waals surface area contributed by atoms with Gasteiger partial charge in [-0.05, 0) is 30.5 Å². The van der Waals surface area contributed by atoms with Gasteiger partial charge in [0.2, 0.25) is 5.91 Å². The number of halogens is 1. The molecule has 146 valence electrons. The van der Waals surface area contributed by atoms with E-state index in [0.717, 1.165) is 12.0 Å². The maximum Gasteiger partial charge on any atom is 0.318 e. The zero-order valence-corrected chi connectivity index (χ0v) is 15.5. The standard InChI is InChI=1S/C19H21FN6O2/c1-28-19-22-6-3-17(24-19)25-8-4-13(5-9-25)18(27)26-16(2-7-23-26)14-10-15(20)12-21-11-14/h3,6-7,10-13,16H,2,4-5,8-9H2,1H3/t16-/m0/s1. The fourth-order valence-electron chi connectivity index (χ4n) is 3.66. The van der Waals surface area contributed by atoms with E-state index >= 15 is 0 Å². The van der Waals surface area contributed by atoms with Crippen molar-refractivity contribution in [1.82, 2.24) is 20.0 Å². The number of rotatable bonds is 4. The summed E-state index contributed by atoms with van der Waals surface area (Å²) in [7, 11) is 1.53. The van der Waals surface area contributed by atoms with Gasteiger partial charge < -0.3 is 9.64 Å². The third-order valence-corrected chi connectivity index (χ3v) is 5.14. The highest BCUT2D eigenvalue weighted by atomic mass is 19.1. The first-order valence-corrected chi connectivity index (χ1v) is 9.23. The minimum absolute atomic E-state index is 0.0251. The number of methoxy groups -OCH3 is 1. The number of anilines is 1. The Morgan fingerprint density at radius 2 is 2.11 bits per heavy atom. The number of hydrogen-bond acceptors (Lipinski definition) is 7. The van der Waals surface area contributed by atoms with E-state index in [1.165, 1.54) is 18.2 Å². The van der Waals surface area contributed by atoms with Gasteiger partial charge in [-0.1, -0.05) is 0 Å². The largest absolute Gasteiger partial charge is 0.467 e. The van der Waals surface area contributed by atoms with Gasteiger partial charge in [0, 0.05) is 44.0 Å². The Balaban J connectivity index is 1.41. The van der Waals surface area contributed by atoms with Crippen LogP contribution in [0.3, 0.4) is 0 Å². The van der Waals surface area contributed by atoms with Crippen LogP contribution in [0.4, 0.5) is 10.2 Å². The van der Waals surface area contributed by atoms with Crippen molar-refractivity contribution in [2.45, 2.75) is 25.3 Å². The van der Waals surface area contributed by atoms with Crippen molar-refractivity contribution in [2.75, 3.05) is 25.1 Å². The van der Waals surface area contributed by atoms with E-state index in [1.54, 1.807) is 18.6 Å². The van der Waals surface area contributed by atoms with E-state index in [1.807, 2.05) is 6.07 Å². The van der Waals surface area contributed by atoms with Crippen LogP contribution in [0.1, 0.15) is 30.9 Å². The van der Waals surface area contributed by atoms with Crippen LogP contribution < -0.4 is 9.64 Å². The molecule has 4 heterocycles. The Morgan fingerprint density at radius 3 is 2.86 bits per heavy atom. The van der Waals surface area contributed by atoms with Crippen LogP contribution in [0.5, 0.6) is 6.01 Å². The van der Waals surface area contributed by atoms with Crippen molar-refractivity contribution in [3.8, 4) is 6.01 Å². The molecule has 0 saturated carbocycles. The normalized spacial score (nSPS) is 19.9. The molecule has 0 bridgehead atoms. The fourth-order valence-corrected chi connectivity index (χ4v) is 3.66. The highest BCUT2D eigenvalue weighted by Crippen LogP contribution is 2.32. The summed E-state index contributed by atoms with van der Waals surface area (Å²) in [6.07, 6.45) is 8.08. The van der Waals surface area contributed by atoms with Gasteiger partial charge in [-0.2, -0.15) is 10.1 Å². The lowest BCUT2D eigenvalue weighted by Gasteiger charge is -2.34. The Labute approximate surface area is 162 Å². The molecule has 28 heavy (non-hydrogen) atoms. The van der Waals surface area contributed by atoms with Gasteiger partial charge in [0.05, 0.1) is 19.3 Å². The number of hydrogen-bond donors (Lipinski definition) is 0. The zero-order chi connectivity index (χ0) is 19.5. The van der Waals surface area contributed by atoms with Crippen LogP contribution in [0, 0.1) is 11.7 Å². The van der Waals surface area contributed by atoms with E-state index in [-0.39, 0.29) is 17.9 Å². The van der Waals surface area contributed by atoms with E-state index < -0.39 is 5.82 Å². The molecule has 2 aliphatic heterocycles. The molecular formula is C19H21FN6O2. The maximum absolute atomic E-state index is 13.5. The van der Waals surface area contributed by atoms with E-state index in [2.05, 4.69) is 25.0 Å². The highest BCUT2D eigenvalue weighted by molar-refractivity contribution is 5.82. The molecule has 4 rings (SSSR count). The fraction of sp³-hybridized carbons (Fsp3) is 0.421. The number of nitrogens with zero attached hydrogens (tertiary/aromatic N) is 6. The summed E-state index contributed by atoms with van der Waals surface area (Å²) < 4.78 is 18.6. The van der Waals surface area contributed by atoms with Crippen molar-refractivity contribution < 1.29 is 13.9 Å². The average Bonchev–Trinajstić information content (AvgIpc) is 3.23. The van der Waals surface area contributed by atoms with Gasteiger partial charge in [-0.3, -0.25) is 9.78 Å². The van der Waals surface area contributed by atoms with Gasteiger partial charge in [0.15, 0.2) is 0 Å². The molecule has 1 fully saturated rings. The third-order valence-electron chi connectivity index (χ3n) is 5.14. The maximum atomic E-state index is 13.5. The number of hydrazone groups is 1. The summed E-state index contributed by atoms with van der Waals surface area (Å²) >= 11 is 0. The molecule has 8 nitrogen and oxygen atoms in total. The van der Waals surface area contributed by atoms with Crippen molar-refractivity contribution in [3.63, 3.8) is 0 Å². The second-order valence-electron chi connectivity index (χ2n) is 6.83. The molecule has 1 amide bonds. The summed E-state index contributed by atoms with van der Waals surface area (Å²) in [5.74, 6) is 0.230. The van der Waals surface area contributed by atoms with E-state index in [0.29, 0.717) is 43.9 Å². The highest BCUT2D eigenvalue weighted by Gasteiger charge is 2.35. The quantitative estimate of drug-likeness (QED) is 0.804. The Kier molecular flexibility index (Phi) is 5.14. The van der Waals surface area contributed by atoms with Gasteiger partial charge >= 0.3 is 6.01 Å². The molecule has 2 aromatic heterocycles. The molecule has 0 aliphatic carbocycles. The van der Waals surface area contributed by atoms with Crippen LogP contribution in [0.2, 0.25) is 0 Å². The number of piperidine rings is 1. The van der Waals surface area contributed by atoms with Crippen LogP contribution in [-0.4, -0.2) is 52.3 Å². The topological polar surface area (TPSA) is 83.8 Å². The first-order valence-electron chi connectivity index (χ1n) is 9.23. The molecule has 0 spiro atoms. The molecule has 0 aromatic carbocycles. The minimum Gasteiger partial charge on any atom is -0.467 e. The first-order chi connectivity index (χ1) is 13.7. The molecule has 0 unspecified atom stereocenters. The second-order valence-corrected chi connectivity index (χ2v) is 6.83. The lowest BCUT2D eigenvalue weighted by molar-refractivity contribution is -0.138. The molecule has 1 atom stereocenters. The average molecular weight is 384 g/mol. The van der Waals surface area contributed by atoms with Crippen LogP contribution >= 0.6 is 0 Å². The second kappa shape index (κ2) is 7.87. The summed E-state index contributed by atoms with van der Waals surface area (Å²) in [5.41, 5.74) is 0.663. The van der Waals surface area contributed by atoms with Crippen LogP contribution in [-0.2, 0) is 4.79 Å². The Morgan fingerprint density at radius 1 is 1.29 bits per heavy atom. The summed E-state index contributed by atoms with van der Waals surface area (Å²) in [6.45, 7) is 1.42. The molecule has 9 heteroatoms. The number of aromatic nitrogens is 3. The van der Waals surface area contributed by atoms with Gasteiger partial charge in [-0.25, -0.2) is 14.4 Å². The van der Waals surface area contributed by atoms with E-state index in [9.17, 15) is 9.18 Å². The smallest absolute Gasteiger partial charge is 0.318 e. The number of ether oxygens (including phenoxy) is 1. The van der Waals surface area contributed by atoms with Gasteiger partial charge in [0.1, 0.15) is 11.6 Å². The third kappa shape index (κ3) is 3.64. The summed E-state index contributed by atoms with van der Waals surface area (Å²) in [5, 5.41) is 5.75. The Bertz CT molecular complexity index is 884. The number of carbonyl (C=O) groups is 1. The lowest BCUT2D eigenvalue weighted by atomic mass is 9.94. The number of carbonyl (C=O) groups excluding carboxylic acids is 1. The van der Waals surface area contributed by atoms with Crippen molar-refractivity contribution in [2.24, 2.45) is 11.0 Å². The SMILES string of the molecule is COc1nccc(N2CCC(C(=O)N3N=CC[C@H]3c3cncc(F)c3)CC2)n1. The molecule has 0 radical (unpaired) electrons. The van der Waals surface area contributed by atoms with E-state index in [4.69, 9.17) is 4.74 Å². The van der Waals surface area contributed by atoms with Crippen molar-refractivity contribution >= 4 is 17.9 Å². The molecule has 1 saturated heterocycles. The van der Waals surface area contributed by atoms with Gasteiger partial charge in [-0.15, -0.1) is 0 Å². The lowest BCUT2D eigenvalue weighted by Crippen LogP contribution is -2.41. The first kappa shape index (κ1) is 18.3. The number of amides is 1. The molecular weight excluding hydrogens is 363 g/mol. The molecule has 2 aromatic rings. The van der Waals surface area contributed by atoms with Crippen molar-refractivity contribution in [1.29, 1.82) is 0 Å². The zero-order valence-electron chi connectivity index (χ0n) is 15.5. The summed E-state index contributed by atoms with van der Waals surface area (Å²) in [6, 6.07) is 3.29. The number of pyridine rings is 1. The molecule has 2 aliphatic rings. The van der Waals surface area contributed by atoms with Gasteiger partial charge in [0.25, 0.3) is 0 Å². The summed E-state index contributed by atoms with van der Waals surface area (Å²) in [4.78, 5) is 27.4. The van der Waals surface area contributed by atoms with Crippen LogP contribution in [0.15, 0.2) is 35.8 Å². The van der Waals surface area contributed by atoms with Crippen molar-refractivity contribution in [3.05, 3.63) is 42.1 Å². The molecule has 0 N–H and O–H groups in total. The predicted molar refractivity (Wildman–Crippen MR) is 100 cm³/mol.